The van der Waals surface area contributed by atoms with E-state index in [2.05, 4.69) is 39.6 Å². The molecule has 0 aliphatic carbocycles. The first-order chi connectivity index (χ1) is 16.5. The fourth-order valence-corrected chi connectivity index (χ4v) is 5.52. The Kier molecular flexibility index (Phi) is 8.77. The molecule has 0 unspecified atom stereocenters. The van der Waals surface area contributed by atoms with E-state index in [0.29, 0.717) is 57.1 Å². The van der Waals surface area contributed by atoms with Gasteiger partial charge in [-0.15, -0.1) is 0 Å². The van der Waals surface area contributed by atoms with Crippen LogP contribution in [0.5, 0.6) is 0 Å². The summed E-state index contributed by atoms with van der Waals surface area (Å²) < 4.78 is 36.0. The zero-order valence-electron chi connectivity index (χ0n) is 21.5. The Balaban J connectivity index is 1.76. The summed E-state index contributed by atoms with van der Waals surface area (Å²) in [5.74, 6) is 0.450. The molecule has 192 valence electrons. The van der Waals surface area contributed by atoms with Gasteiger partial charge in [-0.25, -0.2) is 13.4 Å². The Morgan fingerprint density at radius 3 is 2.57 bits per heavy atom. The van der Waals surface area contributed by atoms with E-state index in [1.54, 1.807) is 43.1 Å². The second-order valence-electron chi connectivity index (χ2n) is 10.6. The number of carbonyl (C=O) groups is 1. The predicted molar refractivity (Wildman–Crippen MR) is 137 cm³/mol. The Morgan fingerprint density at radius 2 is 1.91 bits per heavy atom. The summed E-state index contributed by atoms with van der Waals surface area (Å²) in [6.45, 7) is 12.6. The van der Waals surface area contributed by atoms with Crippen LogP contribution in [0.3, 0.4) is 0 Å². The summed E-state index contributed by atoms with van der Waals surface area (Å²) in [6, 6.07) is 6.68. The number of amides is 1. The van der Waals surface area contributed by atoms with Gasteiger partial charge < -0.3 is 13.9 Å². The summed E-state index contributed by atoms with van der Waals surface area (Å²) in [5, 5.41) is 0.747. The molecule has 0 aliphatic heterocycles. The highest BCUT2D eigenvalue weighted by Gasteiger charge is 2.26. The van der Waals surface area contributed by atoms with E-state index in [-0.39, 0.29) is 16.2 Å². The van der Waals surface area contributed by atoms with Gasteiger partial charge in [0.15, 0.2) is 0 Å². The maximum atomic E-state index is 13.6. The molecule has 2 aromatic heterocycles. The standard InChI is InChI=1S/C26H38N4O4S/c1-21(2)19-29(25(31)18-26(3,4)5)11-6-12-30(15-14-28-13-10-27-20-28)35(32,33)23-7-8-24-22(17-23)9-16-34-24/h7-10,13,16-17,20-21H,6,11-12,14-15,18-19H2,1-5H3. The number of rotatable bonds is 12. The third kappa shape index (κ3) is 7.67. The van der Waals surface area contributed by atoms with Crippen molar-refractivity contribution in [1.29, 1.82) is 0 Å². The molecule has 9 heteroatoms. The summed E-state index contributed by atoms with van der Waals surface area (Å²) in [6.07, 6.45) is 7.74. The van der Waals surface area contributed by atoms with Crippen molar-refractivity contribution in [2.75, 3.05) is 26.2 Å². The normalized spacial score (nSPS) is 12.7. The molecule has 0 radical (unpaired) electrons. The lowest BCUT2D eigenvalue weighted by atomic mass is 9.91. The van der Waals surface area contributed by atoms with Crippen LogP contribution in [0.25, 0.3) is 11.0 Å². The molecule has 0 saturated heterocycles. The van der Waals surface area contributed by atoms with Crippen LogP contribution in [0.2, 0.25) is 0 Å². The molecular formula is C26H38N4O4S. The summed E-state index contributed by atoms with van der Waals surface area (Å²) in [7, 11) is -3.74. The van der Waals surface area contributed by atoms with E-state index in [1.807, 2.05) is 15.7 Å². The lowest BCUT2D eigenvalue weighted by molar-refractivity contribution is -0.133. The lowest BCUT2D eigenvalue weighted by Crippen LogP contribution is -2.40. The Labute approximate surface area is 209 Å². The van der Waals surface area contributed by atoms with Gasteiger partial charge in [0.2, 0.25) is 15.9 Å². The maximum Gasteiger partial charge on any atom is 0.243 e. The Morgan fingerprint density at radius 1 is 1.14 bits per heavy atom. The molecule has 0 fully saturated rings. The van der Waals surface area contributed by atoms with Crippen LogP contribution < -0.4 is 0 Å². The Hall–Kier alpha value is -2.65. The first-order valence-corrected chi connectivity index (χ1v) is 13.6. The third-order valence-electron chi connectivity index (χ3n) is 5.68. The van der Waals surface area contributed by atoms with Gasteiger partial charge in [-0.3, -0.25) is 4.79 Å². The fraction of sp³-hybridized carbons (Fsp3) is 0.538. The van der Waals surface area contributed by atoms with Crippen molar-refractivity contribution in [3.05, 3.63) is 49.2 Å². The summed E-state index contributed by atoms with van der Waals surface area (Å²) in [4.78, 5) is 19.1. The van der Waals surface area contributed by atoms with Crippen LogP contribution in [0.15, 0.2) is 58.6 Å². The largest absolute Gasteiger partial charge is 0.464 e. The van der Waals surface area contributed by atoms with Crippen LogP contribution in [0, 0.1) is 11.3 Å². The molecule has 0 saturated carbocycles. The average molecular weight is 503 g/mol. The molecule has 0 atom stereocenters. The SMILES string of the molecule is CC(C)CN(CCCN(CCn1ccnc1)S(=O)(=O)c1ccc2occc2c1)C(=O)CC(C)(C)C. The smallest absolute Gasteiger partial charge is 0.243 e. The van der Waals surface area contributed by atoms with Gasteiger partial charge >= 0.3 is 0 Å². The zero-order valence-corrected chi connectivity index (χ0v) is 22.3. The quantitative estimate of drug-likeness (QED) is 0.360. The molecule has 2 heterocycles. The minimum atomic E-state index is -3.74. The van der Waals surface area contributed by atoms with Crippen LogP contribution in [-0.2, 0) is 21.4 Å². The molecule has 1 aromatic carbocycles. The highest BCUT2D eigenvalue weighted by atomic mass is 32.2. The number of sulfonamides is 1. The number of hydrogen-bond donors (Lipinski definition) is 0. The lowest BCUT2D eigenvalue weighted by Gasteiger charge is -2.29. The van der Waals surface area contributed by atoms with Gasteiger partial charge in [-0.05, 0) is 42.0 Å². The van der Waals surface area contributed by atoms with Crippen LogP contribution in [0.1, 0.15) is 47.5 Å². The van der Waals surface area contributed by atoms with E-state index in [0.717, 1.165) is 5.39 Å². The summed E-state index contributed by atoms with van der Waals surface area (Å²) >= 11 is 0. The molecule has 0 spiro atoms. The van der Waals surface area contributed by atoms with Crippen LogP contribution in [0.4, 0.5) is 0 Å². The number of fused-ring (bicyclic) bond motifs is 1. The highest BCUT2D eigenvalue weighted by molar-refractivity contribution is 7.89. The van der Waals surface area contributed by atoms with E-state index in [9.17, 15) is 13.2 Å². The second-order valence-corrected chi connectivity index (χ2v) is 12.6. The monoisotopic (exact) mass is 502 g/mol. The molecule has 0 aliphatic rings. The first kappa shape index (κ1) is 26.9. The highest BCUT2D eigenvalue weighted by Crippen LogP contribution is 2.24. The van der Waals surface area contributed by atoms with Gasteiger partial charge in [0.05, 0.1) is 17.5 Å². The number of furan rings is 1. The predicted octanol–water partition coefficient (Wildman–Crippen LogP) is 4.63. The van der Waals surface area contributed by atoms with Gasteiger partial charge in [0, 0.05) is 56.9 Å². The fourth-order valence-electron chi connectivity index (χ4n) is 4.01. The van der Waals surface area contributed by atoms with Crippen molar-refractivity contribution in [2.45, 2.75) is 58.9 Å². The molecule has 3 rings (SSSR count). The number of nitrogens with zero attached hydrogens (tertiary/aromatic N) is 4. The maximum absolute atomic E-state index is 13.6. The van der Waals surface area contributed by atoms with Gasteiger partial charge in [0.25, 0.3) is 0 Å². The third-order valence-corrected chi connectivity index (χ3v) is 7.58. The van der Waals surface area contributed by atoms with Crippen molar-refractivity contribution in [1.82, 2.24) is 18.8 Å². The van der Waals surface area contributed by atoms with Crippen molar-refractivity contribution in [3.8, 4) is 0 Å². The van der Waals surface area contributed by atoms with Crippen molar-refractivity contribution >= 4 is 26.9 Å². The molecule has 1 amide bonds. The number of aromatic nitrogens is 2. The van der Waals surface area contributed by atoms with Crippen molar-refractivity contribution in [2.24, 2.45) is 11.3 Å². The van der Waals surface area contributed by atoms with Gasteiger partial charge in [-0.2, -0.15) is 4.31 Å². The number of hydrogen-bond acceptors (Lipinski definition) is 5. The van der Waals surface area contributed by atoms with Gasteiger partial charge in [-0.1, -0.05) is 34.6 Å². The van der Waals surface area contributed by atoms with E-state index in [1.165, 1.54) is 4.31 Å². The van der Waals surface area contributed by atoms with Gasteiger partial charge in [0.1, 0.15) is 5.58 Å². The molecule has 0 bridgehead atoms. The Bertz CT molecular complexity index is 1190. The molecule has 0 N–H and O–H groups in total. The van der Waals surface area contributed by atoms with E-state index in [4.69, 9.17) is 4.42 Å². The molecule has 3 aromatic rings. The number of benzene rings is 1. The first-order valence-electron chi connectivity index (χ1n) is 12.2. The number of carbonyl (C=O) groups excluding carboxylic acids is 1. The van der Waals surface area contributed by atoms with Crippen molar-refractivity contribution < 1.29 is 17.6 Å². The van der Waals surface area contributed by atoms with Crippen LogP contribution in [-0.4, -0.2) is 59.3 Å². The molecule has 35 heavy (non-hydrogen) atoms. The van der Waals surface area contributed by atoms with Crippen molar-refractivity contribution in [3.63, 3.8) is 0 Å². The second kappa shape index (κ2) is 11.4. The number of imidazole rings is 1. The summed E-state index contributed by atoms with van der Waals surface area (Å²) in [5.41, 5.74) is 0.550. The minimum Gasteiger partial charge on any atom is -0.464 e. The zero-order chi connectivity index (χ0) is 25.6. The minimum absolute atomic E-state index is 0.0990. The molecular weight excluding hydrogens is 464 g/mol. The topological polar surface area (TPSA) is 88.7 Å². The van der Waals surface area contributed by atoms with Crippen LogP contribution >= 0.6 is 0 Å². The van der Waals surface area contributed by atoms with E-state index < -0.39 is 10.0 Å². The average Bonchev–Trinajstić information content (AvgIpc) is 3.44. The molecule has 8 nitrogen and oxygen atoms in total. The van der Waals surface area contributed by atoms with E-state index >= 15 is 0 Å².